The molecular weight excluding hydrogens is 336 g/mol. The van der Waals surface area contributed by atoms with Crippen molar-refractivity contribution in [3.8, 4) is 11.5 Å². The maximum Gasteiger partial charge on any atom is 0.311 e. The molecule has 0 spiro atoms. The third-order valence-electron chi connectivity index (χ3n) is 3.00. The Morgan fingerprint density at radius 1 is 1.29 bits per heavy atom. The van der Waals surface area contributed by atoms with Gasteiger partial charge in [0.15, 0.2) is 0 Å². The van der Waals surface area contributed by atoms with Crippen LogP contribution >= 0.6 is 15.9 Å². The first-order valence-electron chi connectivity index (χ1n) is 6.52. The zero-order valence-electron chi connectivity index (χ0n) is 11.8. The molecule has 6 heteroatoms. The van der Waals surface area contributed by atoms with Gasteiger partial charge in [0.2, 0.25) is 5.75 Å². The van der Waals surface area contributed by atoms with Crippen LogP contribution < -0.4 is 4.74 Å². The van der Waals surface area contributed by atoms with Crippen LogP contribution in [-0.4, -0.2) is 9.91 Å². The van der Waals surface area contributed by atoms with Gasteiger partial charge in [0.25, 0.3) is 0 Å². The average molecular weight is 351 g/mol. The molecule has 0 unspecified atom stereocenters. The summed E-state index contributed by atoms with van der Waals surface area (Å²) < 4.78 is 5.73. The third kappa shape index (κ3) is 3.58. The predicted molar refractivity (Wildman–Crippen MR) is 84.2 cm³/mol. The van der Waals surface area contributed by atoms with Gasteiger partial charge in [-0.15, -0.1) is 0 Å². The van der Waals surface area contributed by atoms with Crippen molar-refractivity contribution < 1.29 is 9.66 Å². The number of rotatable bonds is 5. The van der Waals surface area contributed by atoms with Gasteiger partial charge in [-0.25, -0.2) is 0 Å². The number of benzene rings is 1. The molecule has 110 valence electrons. The lowest BCUT2D eigenvalue weighted by molar-refractivity contribution is -0.385. The van der Waals surface area contributed by atoms with E-state index in [1.165, 1.54) is 6.07 Å². The number of hydrogen-bond acceptors (Lipinski definition) is 4. The van der Waals surface area contributed by atoms with Gasteiger partial charge in [-0.1, -0.05) is 28.9 Å². The van der Waals surface area contributed by atoms with E-state index in [4.69, 9.17) is 4.74 Å². The van der Waals surface area contributed by atoms with E-state index in [0.717, 1.165) is 17.0 Å². The first-order valence-corrected chi connectivity index (χ1v) is 7.65. The van der Waals surface area contributed by atoms with Crippen molar-refractivity contribution >= 4 is 21.6 Å². The largest absolute Gasteiger partial charge is 0.448 e. The second-order valence-electron chi connectivity index (χ2n) is 4.55. The summed E-state index contributed by atoms with van der Waals surface area (Å²) in [6, 6.07) is 8.55. The first-order chi connectivity index (χ1) is 10.0. The van der Waals surface area contributed by atoms with E-state index in [0.29, 0.717) is 17.5 Å². The van der Waals surface area contributed by atoms with Crippen LogP contribution in [-0.2, 0) is 11.8 Å². The van der Waals surface area contributed by atoms with Crippen molar-refractivity contribution in [2.75, 3.05) is 0 Å². The molecule has 2 rings (SSSR count). The number of pyridine rings is 1. The van der Waals surface area contributed by atoms with Crippen LogP contribution in [0.2, 0.25) is 0 Å². The smallest absolute Gasteiger partial charge is 0.311 e. The molecule has 0 fully saturated rings. The molecular formula is C15H15BrN2O3. The number of aromatic nitrogens is 1. The molecule has 5 nitrogen and oxygen atoms in total. The molecule has 0 saturated heterocycles. The second-order valence-corrected chi connectivity index (χ2v) is 5.11. The average Bonchev–Trinajstić information content (AvgIpc) is 2.49. The van der Waals surface area contributed by atoms with E-state index in [9.17, 15) is 10.1 Å². The Morgan fingerprint density at radius 3 is 2.62 bits per heavy atom. The highest BCUT2D eigenvalue weighted by molar-refractivity contribution is 9.08. The third-order valence-corrected chi connectivity index (χ3v) is 3.65. The molecule has 1 heterocycles. The maximum absolute atomic E-state index is 11.2. The summed E-state index contributed by atoms with van der Waals surface area (Å²) in [7, 11) is 0. The van der Waals surface area contributed by atoms with Crippen LogP contribution in [0.1, 0.15) is 23.9 Å². The highest BCUT2D eigenvalue weighted by Gasteiger charge is 2.18. The number of nitro groups is 1. The van der Waals surface area contributed by atoms with Crippen molar-refractivity contribution in [2.45, 2.75) is 25.6 Å². The van der Waals surface area contributed by atoms with Gasteiger partial charge >= 0.3 is 5.69 Å². The molecule has 0 radical (unpaired) electrons. The Balaban J connectivity index is 2.42. The molecule has 0 amide bonds. The quantitative estimate of drug-likeness (QED) is 0.450. The molecule has 2 aromatic rings. The fraction of sp³-hybridized carbons (Fsp3) is 0.267. The van der Waals surface area contributed by atoms with E-state index in [1.54, 1.807) is 18.2 Å². The second kappa shape index (κ2) is 6.67. The van der Waals surface area contributed by atoms with Crippen molar-refractivity contribution in [1.29, 1.82) is 0 Å². The number of nitrogens with zero attached hydrogens (tertiary/aromatic N) is 2. The van der Waals surface area contributed by atoms with Crippen LogP contribution in [0, 0.1) is 17.0 Å². The normalized spacial score (nSPS) is 10.4. The lowest BCUT2D eigenvalue weighted by Gasteiger charge is -2.10. The lowest BCUT2D eigenvalue weighted by Crippen LogP contribution is -1.99. The molecule has 0 saturated carbocycles. The van der Waals surface area contributed by atoms with Crippen molar-refractivity contribution in [2.24, 2.45) is 0 Å². The van der Waals surface area contributed by atoms with E-state index >= 15 is 0 Å². The predicted octanol–water partition coefficient (Wildman–Crippen LogP) is 4.55. The van der Waals surface area contributed by atoms with Crippen LogP contribution in [0.5, 0.6) is 11.5 Å². The van der Waals surface area contributed by atoms with Gasteiger partial charge in [-0.05, 0) is 37.1 Å². The number of halogens is 1. The summed E-state index contributed by atoms with van der Waals surface area (Å²) in [4.78, 5) is 15.1. The minimum Gasteiger partial charge on any atom is -0.448 e. The van der Waals surface area contributed by atoms with Crippen LogP contribution in [0.4, 0.5) is 5.69 Å². The first kappa shape index (κ1) is 15.4. The highest BCUT2D eigenvalue weighted by atomic mass is 79.9. The van der Waals surface area contributed by atoms with E-state index in [2.05, 4.69) is 20.9 Å². The SMILES string of the molecule is CCc1nc(C)ccc1Oc1ccc(CBr)cc1[N+](=O)[O-]. The van der Waals surface area contributed by atoms with E-state index in [1.807, 2.05) is 19.9 Å². The molecule has 0 atom stereocenters. The monoisotopic (exact) mass is 350 g/mol. The number of hydrogen-bond donors (Lipinski definition) is 0. The zero-order valence-corrected chi connectivity index (χ0v) is 13.4. The summed E-state index contributed by atoms with van der Waals surface area (Å²) >= 11 is 3.29. The van der Waals surface area contributed by atoms with Gasteiger partial charge in [-0.2, -0.15) is 0 Å². The fourth-order valence-corrected chi connectivity index (χ4v) is 2.29. The molecule has 21 heavy (non-hydrogen) atoms. The fourth-order valence-electron chi connectivity index (χ4n) is 1.94. The Kier molecular flexibility index (Phi) is 4.90. The number of aryl methyl sites for hydroxylation is 2. The van der Waals surface area contributed by atoms with Crippen LogP contribution in [0.25, 0.3) is 0 Å². The van der Waals surface area contributed by atoms with Gasteiger partial charge in [0, 0.05) is 17.1 Å². The van der Waals surface area contributed by atoms with Gasteiger partial charge in [0.05, 0.1) is 10.6 Å². The minimum absolute atomic E-state index is 0.0467. The molecule has 0 aliphatic carbocycles. The number of alkyl halides is 1. The van der Waals surface area contributed by atoms with Crippen molar-refractivity contribution in [3.63, 3.8) is 0 Å². The molecule has 1 aromatic carbocycles. The topological polar surface area (TPSA) is 65.3 Å². The Morgan fingerprint density at radius 2 is 2.00 bits per heavy atom. The highest BCUT2D eigenvalue weighted by Crippen LogP contribution is 2.34. The van der Waals surface area contributed by atoms with Crippen LogP contribution in [0.3, 0.4) is 0 Å². The maximum atomic E-state index is 11.2. The van der Waals surface area contributed by atoms with Gasteiger partial charge < -0.3 is 4.74 Å². The Labute approximate surface area is 131 Å². The lowest BCUT2D eigenvalue weighted by atomic mass is 10.2. The van der Waals surface area contributed by atoms with Crippen molar-refractivity contribution in [1.82, 2.24) is 4.98 Å². The summed E-state index contributed by atoms with van der Waals surface area (Å²) in [5.41, 5.74) is 2.46. The molecule has 1 aromatic heterocycles. The Bertz CT molecular complexity index is 674. The van der Waals surface area contributed by atoms with E-state index in [-0.39, 0.29) is 11.4 Å². The number of ether oxygens (including phenoxy) is 1. The summed E-state index contributed by atoms with van der Waals surface area (Å²) in [5, 5.41) is 11.7. The number of nitro benzene ring substituents is 1. The van der Waals surface area contributed by atoms with Gasteiger partial charge in [0.1, 0.15) is 5.75 Å². The summed E-state index contributed by atoms with van der Waals surface area (Å²) in [6.45, 7) is 3.87. The molecule has 0 bridgehead atoms. The Hall–Kier alpha value is -1.95. The van der Waals surface area contributed by atoms with Crippen molar-refractivity contribution in [3.05, 3.63) is 57.4 Å². The van der Waals surface area contributed by atoms with E-state index < -0.39 is 4.92 Å². The summed E-state index contributed by atoms with van der Waals surface area (Å²) in [6.07, 6.45) is 0.699. The van der Waals surface area contributed by atoms with Crippen LogP contribution in [0.15, 0.2) is 30.3 Å². The minimum atomic E-state index is -0.436. The molecule has 0 N–H and O–H groups in total. The molecule has 0 aliphatic rings. The molecule has 0 aliphatic heterocycles. The standard InChI is InChI=1S/C15H15BrN2O3/c1-3-12-14(6-4-10(2)17-12)21-15-7-5-11(9-16)8-13(15)18(19)20/h4-8H,3,9H2,1-2H3. The van der Waals surface area contributed by atoms with Gasteiger partial charge in [-0.3, -0.25) is 15.1 Å². The summed E-state index contributed by atoms with van der Waals surface area (Å²) in [5.74, 6) is 0.780. The zero-order chi connectivity index (χ0) is 15.4.